The molecule has 1 atom stereocenters. The smallest absolute Gasteiger partial charge is 0.307 e. The average molecular weight is 343 g/mol. The van der Waals surface area contributed by atoms with Crippen molar-refractivity contribution in [2.45, 2.75) is 26.4 Å². The summed E-state index contributed by atoms with van der Waals surface area (Å²) in [5.41, 5.74) is 1.13. The Hall–Kier alpha value is -2.18. The lowest BCUT2D eigenvalue weighted by Gasteiger charge is -2.29. The van der Waals surface area contributed by atoms with E-state index >= 15 is 0 Å². The van der Waals surface area contributed by atoms with Gasteiger partial charge in [-0.3, -0.25) is 14.3 Å². The highest BCUT2D eigenvalue weighted by Crippen LogP contribution is 2.24. The van der Waals surface area contributed by atoms with Gasteiger partial charge in [-0.05, 0) is 47.6 Å². The van der Waals surface area contributed by atoms with Gasteiger partial charge >= 0.3 is 5.69 Å². The molecular formula is C18H21N3O2S. The maximum Gasteiger partial charge on any atom is 0.328 e. The number of nitrogens with zero attached hydrogens (tertiary/aromatic N) is 2. The van der Waals surface area contributed by atoms with Crippen LogP contribution in [-0.2, 0) is 6.54 Å². The van der Waals surface area contributed by atoms with Gasteiger partial charge in [-0.25, -0.2) is 4.79 Å². The second-order valence-corrected chi connectivity index (χ2v) is 6.47. The molecule has 3 aromatic rings. The van der Waals surface area contributed by atoms with Gasteiger partial charge in [-0.1, -0.05) is 26.0 Å². The van der Waals surface area contributed by atoms with Gasteiger partial charge in [0, 0.05) is 0 Å². The number of hydrogen-bond donors (Lipinski definition) is 1. The molecule has 2 aromatic heterocycles. The molecule has 2 heterocycles. The summed E-state index contributed by atoms with van der Waals surface area (Å²) in [5.74, 6) is 0. The summed E-state index contributed by atoms with van der Waals surface area (Å²) >= 11 is 1.63. The third-order valence-corrected chi connectivity index (χ3v) is 5.13. The molecule has 0 bridgehead atoms. The molecule has 0 fully saturated rings. The number of para-hydroxylation sites is 1. The van der Waals surface area contributed by atoms with Crippen LogP contribution in [0.25, 0.3) is 10.9 Å². The molecule has 126 valence electrons. The van der Waals surface area contributed by atoms with Gasteiger partial charge in [0.2, 0.25) is 0 Å². The summed E-state index contributed by atoms with van der Waals surface area (Å²) in [6.07, 6.45) is 0. The normalized spacial score (nSPS) is 12.8. The van der Waals surface area contributed by atoms with E-state index < -0.39 is 0 Å². The second-order valence-electron chi connectivity index (χ2n) is 5.69. The Morgan fingerprint density at radius 2 is 1.92 bits per heavy atom. The molecule has 0 amide bonds. The van der Waals surface area contributed by atoms with E-state index in [1.54, 1.807) is 23.5 Å². The molecule has 0 saturated carbocycles. The molecule has 0 unspecified atom stereocenters. The van der Waals surface area contributed by atoms with E-state index in [9.17, 15) is 9.59 Å². The van der Waals surface area contributed by atoms with Crippen LogP contribution in [0.2, 0.25) is 0 Å². The van der Waals surface area contributed by atoms with Crippen molar-refractivity contribution >= 4 is 22.2 Å². The first kappa shape index (κ1) is 16.7. The summed E-state index contributed by atoms with van der Waals surface area (Å²) in [6.45, 7) is 6.25. The molecule has 1 N–H and O–H groups in total. The Morgan fingerprint density at radius 3 is 2.58 bits per heavy atom. The highest BCUT2D eigenvalue weighted by Gasteiger charge is 2.21. The zero-order chi connectivity index (χ0) is 17.1. The van der Waals surface area contributed by atoms with Gasteiger partial charge in [-0.2, -0.15) is 11.3 Å². The van der Waals surface area contributed by atoms with Crippen LogP contribution in [-0.4, -0.2) is 27.5 Å². The van der Waals surface area contributed by atoms with Crippen molar-refractivity contribution in [3.05, 3.63) is 67.5 Å². The predicted molar refractivity (Wildman–Crippen MR) is 98.8 cm³/mol. The third-order valence-electron chi connectivity index (χ3n) is 4.43. The molecule has 0 radical (unpaired) electrons. The Morgan fingerprint density at radius 1 is 1.17 bits per heavy atom. The summed E-state index contributed by atoms with van der Waals surface area (Å²) in [6, 6.07) is 9.20. The van der Waals surface area contributed by atoms with Crippen LogP contribution in [0.15, 0.2) is 50.7 Å². The number of nitrogens with one attached hydrogen (secondary N) is 1. The molecule has 6 heteroatoms. The molecule has 1 aromatic carbocycles. The van der Waals surface area contributed by atoms with Gasteiger partial charge in [0.05, 0.1) is 23.5 Å². The largest absolute Gasteiger partial charge is 0.328 e. The Kier molecular flexibility index (Phi) is 4.97. The van der Waals surface area contributed by atoms with Gasteiger partial charge in [0.25, 0.3) is 5.56 Å². The molecular weight excluding hydrogens is 322 g/mol. The van der Waals surface area contributed by atoms with Gasteiger partial charge in [0.15, 0.2) is 0 Å². The van der Waals surface area contributed by atoms with E-state index in [0.717, 1.165) is 18.7 Å². The summed E-state index contributed by atoms with van der Waals surface area (Å²) in [4.78, 5) is 30.3. The number of aromatic nitrogens is 2. The molecule has 0 aliphatic rings. The van der Waals surface area contributed by atoms with Crippen LogP contribution >= 0.6 is 11.3 Å². The van der Waals surface area contributed by atoms with Crippen molar-refractivity contribution in [3.8, 4) is 0 Å². The number of likely N-dealkylation sites (N-methyl/N-ethyl adjacent to an activating group) is 1. The number of aromatic amines is 1. The SMILES string of the molecule is CCN(CC)[C@H](Cn1c(=O)[nH]c2ccccc2c1=O)c1ccsc1. The monoisotopic (exact) mass is 343 g/mol. The molecule has 5 nitrogen and oxygen atoms in total. The van der Waals surface area contributed by atoms with E-state index in [2.05, 4.69) is 35.2 Å². The highest BCUT2D eigenvalue weighted by atomic mass is 32.1. The maximum absolute atomic E-state index is 12.8. The van der Waals surface area contributed by atoms with Crippen molar-refractivity contribution in [2.24, 2.45) is 0 Å². The first-order chi connectivity index (χ1) is 11.7. The molecule has 0 aliphatic heterocycles. The van der Waals surface area contributed by atoms with Crippen LogP contribution < -0.4 is 11.2 Å². The standard InChI is InChI=1S/C18H21N3O2S/c1-3-20(4-2)16(13-9-10-24-12-13)11-21-17(22)14-7-5-6-8-15(14)19-18(21)23/h5-10,12,16H,3-4,11H2,1-2H3,(H,19,23)/t16-/m1/s1. The summed E-state index contributed by atoms with van der Waals surface area (Å²) in [5, 5.41) is 4.66. The minimum absolute atomic E-state index is 0.00575. The summed E-state index contributed by atoms with van der Waals surface area (Å²) in [7, 11) is 0. The first-order valence-electron chi connectivity index (χ1n) is 8.13. The van der Waals surface area contributed by atoms with Crippen molar-refractivity contribution in [1.29, 1.82) is 0 Å². The average Bonchev–Trinajstić information content (AvgIpc) is 3.12. The number of fused-ring (bicyclic) bond motifs is 1. The van der Waals surface area contributed by atoms with E-state index in [-0.39, 0.29) is 17.3 Å². The topological polar surface area (TPSA) is 58.1 Å². The number of benzene rings is 1. The molecule has 0 spiro atoms. The molecule has 3 rings (SSSR count). The van der Waals surface area contributed by atoms with Gasteiger partial charge in [-0.15, -0.1) is 0 Å². The van der Waals surface area contributed by atoms with E-state index in [1.807, 2.05) is 17.5 Å². The molecule has 0 aliphatic carbocycles. The molecule has 0 saturated heterocycles. The minimum Gasteiger partial charge on any atom is -0.307 e. The van der Waals surface area contributed by atoms with E-state index in [1.165, 1.54) is 4.57 Å². The molecule has 24 heavy (non-hydrogen) atoms. The zero-order valence-electron chi connectivity index (χ0n) is 13.9. The number of thiophene rings is 1. The number of hydrogen-bond acceptors (Lipinski definition) is 4. The van der Waals surface area contributed by atoms with Crippen LogP contribution in [0, 0.1) is 0 Å². The van der Waals surface area contributed by atoms with Crippen molar-refractivity contribution in [1.82, 2.24) is 14.5 Å². The Balaban J connectivity index is 2.09. The van der Waals surface area contributed by atoms with E-state index in [4.69, 9.17) is 0 Å². The highest BCUT2D eigenvalue weighted by molar-refractivity contribution is 7.07. The van der Waals surface area contributed by atoms with Crippen LogP contribution in [0.3, 0.4) is 0 Å². The maximum atomic E-state index is 12.8. The fraction of sp³-hybridized carbons (Fsp3) is 0.333. The van der Waals surface area contributed by atoms with Gasteiger partial charge in [0.1, 0.15) is 0 Å². The third kappa shape index (κ3) is 3.07. The Bertz CT molecular complexity index is 923. The zero-order valence-corrected chi connectivity index (χ0v) is 14.7. The predicted octanol–water partition coefficient (Wildman–Crippen LogP) is 2.83. The second kappa shape index (κ2) is 7.15. The van der Waals surface area contributed by atoms with Crippen molar-refractivity contribution in [3.63, 3.8) is 0 Å². The lowest BCUT2D eigenvalue weighted by atomic mass is 10.1. The van der Waals surface area contributed by atoms with Crippen LogP contribution in [0.5, 0.6) is 0 Å². The number of H-pyrrole nitrogens is 1. The van der Waals surface area contributed by atoms with Crippen LogP contribution in [0.1, 0.15) is 25.5 Å². The van der Waals surface area contributed by atoms with Crippen molar-refractivity contribution in [2.75, 3.05) is 13.1 Å². The van der Waals surface area contributed by atoms with Crippen molar-refractivity contribution < 1.29 is 0 Å². The number of rotatable bonds is 6. The minimum atomic E-state index is -0.355. The fourth-order valence-electron chi connectivity index (χ4n) is 3.10. The Labute approximate surface area is 144 Å². The lowest BCUT2D eigenvalue weighted by molar-refractivity contribution is 0.195. The quantitative estimate of drug-likeness (QED) is 0.749. The lowest BCUT2D eigenvalue weighted by Crippen LogP contribution is -2.40. The van der Waals surface area contributed by atoms with Gasteiger partial charge < -0.3 is 4.98 Å². The summed E-state index contributed by atoms with van der Waals surface area (Å²) < 4.78 is 1.32. The fourth-order valence-corrected chi connectivity index (χ4v) is 3.81. The van der Waals surface area contributed by atoms with E-state index in [0.29, 0.717) is 17.4 Å². The van der Waals surface area contributed by atoms with Crippen LogP contribution in [0.4, 0.5) is 0 Å². The first-order valence-corrected chi connectivity index (χ1v) is 9.08.